The van der Waals surface area contributed by atoms with E-state index in [1.165, 1.54) is 0 Å². The number of carboxylic acids is 1. The summed E-state index contributed by atoms with van der Waals surface area (Å²) < 4.78 is 0. The van der Waals surface area contributed by atoms with Gasteiger partial charge in [0.05, 0.1) is 19.6 Å². The molecule has 27 heavy (non-hydrogen) atoms. The zero-order valence-corrected chi connectivity index (χ0v) is 15.0. The number of primary amides is 1. The highest BCUT2D eigenvalue weighted by Gasteiger charge is 2.30. The number of aliphatic hydroxyl groups is 2. The van der Waals surface area contributed by atoms with Crippen molar-refractivity contribution in [3.05, 3.63) is 0 Å². The van der Waals surface area contributed by atoms with Crippen LogP contribution in [0.25, 0.3) is 0 Å². The van der Waals surface area contributed by atoms with Crippen molar-refractivity contribution < 1.29 is 39.3 Å². The van der Waals surface area contributed by atoms with Crippen molar-refractivity contribution in [3.63, 3.8) is 0 Å². The second kappa shape index (κ2) is 12.1. The number of aliphatic hydroxyl groups excluding tert-OH is 2. The van der Waals surface area contributed by atoms with Gasteiger partial charge in [0.25, 0.3) is 0 Å². The van der Waals surface area contributed by atoms with Gasteiger partial charge in [-0.15, -0.1) is 0 Å². The van der Waals surface area contributed by atoms with E-state index in [9.17, 15) is 24.0 Å². The van der Waals surface area contributed by atoms with Crippen molar-refractivity contribution in [2.45, 2.75) is 30.6 Å². The summed E-state index contributed by atoms with van der Waals surface area (Å²) in [7, 11) is 0. The lowest BCUT2D eigenvalue weighted by Crippen LogP contribution is -2.58. The number of rotatable bonds is 12. The number of aliphatic carboxylic acids is 1. The van der Waals surface area contributed by atoms with Crippen LogP contribution in [0.4, 0.5) is 0 Å². The summed E-state index contributed by atoms with van der Waals surface area (Å²) in [5.74, 6) is -5.59. The Labute approximate surface area is 159 Å². The zero-order valence-electron chi connectivity index (χ0n) is 14.1. The number of nitrogens with two attached hydrogens (primary N) is 2. The van der Waals surface area contributed by atoms with E-state index in [1.54, 1.807) is 0 Å². The van der Waals surface area contributed by atoms with Gasteiger partial charge in [-0.3, -0.25) is 19.2 Å². The minimum atomic E-state index is -1.66. The molecule has 0 bridgehead atoms. The number of amides is 4. The lowest BCUT2D eigenvalue weighted by atomic mass is 10.1. The van der Waals surface area contributed by atoms with Crippen LogP contribution in [0.15, 0.2) is 0 Å². The van der Waals surface area contributed by atoms with Gasteiger partial charge in [0.2, 0.25) is 23.6 Å². The van der Waals surface area contributed by atoms with Crippen molar-refractivity contribution in [1.29, 1.82) is 0 Å². The molecule has 0 saturated carbocycles. The van der Waals surface area contributed by atoms with Crippen molar-refractivity contribution in [1.82, 2.24) is 16.0 Å². The fourth-order valence-electron chi connectivity index (χ4n) is 1.70. The van der Waals surface area contributed by atoms with Crippen molar-refractivity contribution in [3.8, 4) is 0 Å². The first-order chi connectivity index (χ1) is 12.6. The molecule has 0 radical (unpaired) electrons. The Hall–Kier alpha value is -2.42. The molecule has 0 aromatic rings. The van der Waals surface area contributed by atoms with Gasteiger partial charge in [-0.05, 0) is 0 Å². The lowest BCUT2D eigenvalue weighted by molar-refractivity contribution is -0.143. The smallest absolute Gasteiger partial charge is 0.328 e. The van der Waals surface area contributed by atoms with Gasteiger partial charge in [-0.2, -0.15) is 12.6 Å². The third-order valence-electron chi connectivity index (χ3n) is 3.18. The SMILES string of the molecule is NC(=O)CC(NC(=O)C(CS)NC(=O)C(N)CO)C(=O)NC(CO)C(=O)O. The number of carbonyl (C=O) groups is 5. The summed E-state index contributed by atoms with van der Waals surface area (Å²) >= 11 is 3.89. The van der Waals surface area contributed by atoms with E-state index in [2.05, 4.69) is 23.3 Å². The van der Waals surface area contributed by atoms with E-state index in [0.29, 0.717) is 0 Å². The number of carboxylic acid groups (broad SMARTS) is 1. The van der Waals surface area contributed by atoms with Gasteiger partial charge in [-0.1, -0.05) is 0 Å². The Balaban J connectivity index is 5.16. The first kappa shape index (κ1) is 24.6. The molecule has 0 rings (SSSR count). The molecule has 0 heterocycles. The highest BCUT2D eigenvalue weighted by atomic mass is 32.1. The van der Waals surface area contributed by atoms with Crippen LogP contribution in [0.5, 0.6) is 0 Å². The molecule has 154 valence electrons. The summed E-state index contributed by atoms with van der Waals surface area (Å²) in [6, 6.07) is -5.78. The van der Waals surface area contributed by atoms with Crippen LogP contribution in [0.3, 0.4) is 0 Å². The average Bonchev–Trinajstić information content (AvgIpc) is 2.61. The molecule has 0 spiro atoms. The highest BCUT2D eigenvalue weighted by Crippen LogP contribution is 1.98. The van der Waals surface area contributed by atoms with Gasteiger partial charge in [0, 0.05) is 5.75 Å². The maximum atomic E-state index is 12.2. The molecule has 13 nitrogen and oxygen atoms in total. The third-order valence-corrected chi connectivity index (χ3v) is 3.55. The summed E-state index contributed by atoms with van der Waals surface area (Å²) in [5.41, 5.74) is 10.3. The van der Waals surface area contributed by atoms with Crippen LogP contribution in [0.2, 0.25) is 0 Å². The van der Waals surface area contributed by atoms with Crippen LogP contribution >= 0.6 is 12.6 Å². The molecule has 0 aliphatic heterocycles. The van der Waals surface area contributed by atoms with E-state index in [0.717, 1.165) is 0 Å². The predicted octanol–water partition coefficient (Wildman–Crippen LogP) is -5.36. The van der Waals surface area contributed by atoms with Crippen molar-refractivity contribution >= 4 is 42.2 Å². The number of hydrogen-bond acceptors (Lipinski definition) is 9. The van der Waals surface area contributed by atoms with Gasteiger partial charge in [-0.25, -0.2) is 4.79 Å². The van der Waals surface area contributed by atoms with Crippen molar-refractivity contribution in [2.75, 3.05) is 19.0 Å². The average molecular weight is 409 g/mol. The van der Waals surface area contributed by atoms with Gasteiger partial charge in [0.1, 0.15) is 24.2 Å². The van der Waals surface area contributed by atoms with Crippen LogP contribution in [0.1, 0.15) is 6.42 Å². The first-order valence-electron chi connectivity index (χ1n) is 7.57. The number of carbonyl (C=O) groups excluding carboxylic acids is 4. The Bertz CT molecular complexity index is 575. The largest absolute Gasteiger partial charge is 0.480 e. The molecule has 14 heteroatoms. The number of hydrogen-bond donors (Lipinski definition) is 9. The molecule has 0 aromatic heterocycles. The zero-order chi connectivity index (χ0) is 21.1. The molecule has 4 amide bonds. The third kappa shape index (κ3) is 8.67. The normalized spacial score (nSPS) is 15.0. The Morgan fingerprint density at radius 2 is 1.33 bits per heavy atom. The summed E-state index contributed by atoms with van der Waals surface area (Å²) in [5, 5.41) is 32.8. The Kier molecular flexibility index (Phi) is 11.0. The molecule has 0 aliphatic carbocycles. The van der Waals surface area contributed by atoms with E-state index in [4.69, 9.17) is 26.8 Å². The van der Waals surface area contributed by atoms with Gasteiger partial charge in [0.15, 0.2) is 0 Å². The highest BCUT2D eigenvalue weighted by molar-refractivity contribution is 7.80. The van der Waals surface area contributed by atoms with Crippen LogP contribution in [-0.2, 0) is 24.0 Å². The minimum Gasteiger partial charge on any atom is -0.480 e. The monoisotopic (exact) mass is 409 g/mol. The molecule has 4 atom stereocenters. The molecule has 0 aliphatic rings. The maximum absolute atomic E-state index is 12.2. The summed E-state index contributed by atoms with van der Waals surface area (Å²) in [6.07, 6.45) is -0.668. The second-order valence-corrected chi connectivity index (χ2v) is 5.71. The molecule has 10 N–H and O–H groups in total. The number of nitrogens with one attached hydrogen (secondary N) is 3. The minimum absolute atomic E-state index is 0.213. The molecular formula is C13H23N5O8S. The van der Waals surface area contributed by atoms with Gasteiger partial charge < -0.3 is 42.7 Å². The van der Waals surface area contributed by atoms with E-state index >= 15 is 0 Å². The number of thiol groups is 1. The lowest BCUT2D eigenvalue weighted by Gasteiger charge is -2.23. The first-order valence-corrected chi connectivity index (χ1v) is 8.20. The maximum Gasteiger partial charge on any atom is 0.328 e. The Morgan fingerprint density at radius 1 is 0.852 bits per heavy atom. The fraction of sp³-hybridized carbons (Fsp3) is 0.615. The van der Waals surface area contributed by atoms with E-state index in [-0.39, 0.29) is 5.75 Å². The fourth-order valence-corrected chi connectivity index (χ4v) is 1.95. The summed E-state index contributed by atoms with van der Waals surface area (Å²) in [4.78, 5) is 58.0. The Morgan fingerprint density at radius 3 is 1.74 bits per heavy atom. The molecular weight excluding hydrogens is 386 g/mol. The molecule has 4 unspecified atom stereocenters. The van der Waals surface area contributed by atoms with Crippen LogP contribution < -0.4 is 27.4 Å². The quantitative estimate of drug-likeness (QED) is 0.140. The van der Waals surface area contributed by atoms with Gasteiger partial charge >= 0.3 is 5.97 Å². The topological polar surface area (TPSA) is 234 Å². The molecule has 0 aromatic carbocycles. The standard InChI is InChI=1S/C13H23N5O8S/c14-5(2-19)10(22)18-8(4-27)12(24)16-6(1-9(15)21)11(23)17-7(3-20)13(25)26/h5-8,19-20,27H,1-4,14H2,(H2,15,21)(H,16,24)(H,17,23)(H,18,22)(H,25,26). The molecule has 0 saturated heterocycles. The van der Waals surface area contributed by atoms with Crippen LogP contribution in [-0.4, -0.2) is 88.1 Å². The molecule has 0 fully saturated rings. The summed E-state index contributed by atoms with van der Waals surface area (Å²) in [6.45, 7) is -1.59. The van der Waals surface area contributed by atoms with E-state index in [1.807, 2.05) is 5.32 Å². The second-order valence-electron chi connectivity index (χ2n) is 5.35. The van der Waals surface area contributed by atoms with Crippen LogP contribution in [0, 0.1) is 0 Å². The van der Waals surface area contributed by atoms with Crippen molar-refractivity contribution in [2.24, 2.45) is 11.5 Å². The predicted molar refractivity (Wildman–Crippen MR) is 93.2 cm³/mol. The van der Waals surface area contributed by atoms with E-state index < -0.39 is 73.4 Å².